The van der Waals surface area contributed by atoms with Gasteiger partial charge in [-0.1, -0.05) is 18.2 Å². The average Bonchev–Trinajstić information content (AvgIpc) is 3.11. The number of amides is 1. The van der Waals surface area contributed by atoms with Crippen molar-refractivity contribution in [2.45, 2.75) is 6.92 Å². The van der Waals surface area contributed by atoms with E-state index in [4.69, 9.17) is 0 Å². The summed E-state index contributed by atoms with van der Waals surface area (Å²) in [6.45, 7) is 1.55. The molecule has 2 N–H and O–H groups in total. The molecule has 4 nitrogen and oxygen atoms in total. The average molecular weight is 336 g/mol. The van der Waals surface area contributed by atoms with Crippen molar-refractivity contribution in [3.05, 3.63) is 76.5 Å². The number of nitrogens with one attached hydrogen (secondary N) is 2. The topological polar surface area (TPSA) is 58.2 Å². The number of carbonyl (C=O) groups is 2. The Labute approximate surface area is 144 Å². The maximum absolute atomic E-state index is 12.0. The third kappa shape index (κ3) is 3.88. The highest BCUT2D eigenvalue weighted by atomic mass is 32.1. The Bertz CT molecular complexity index is 855. The van der Waals surface area contributed by atoms with E-state index in [0.29, 0.717) is 10.4 Å². The van der Waals surface area contributed by atoms with Gasteiger partial charge in [-0.15, -0.1) is 11.3 Å². The van der Waals surface area contributed by atoms with Crippen molar-refractivity contribution in [3.8, 4) is 0 Å². The highest BCUT2D eigenvalue weighted by Crippen LogP contribution is 2.21. The number of anilines is 3. The molecule has 1 heterocycles. The Hall–Kier alpha value is -2.92. The van der Waals surface area contributed by atoms with Crippen molar-refractivity contribution in [1.29, 1.82) is 0 Å². The second-order valence-corrected chi connectivity index (χ2v) is 6.22. The predicted molar refractivity (Wildman–Crippen MR) is 98.4 cm³/mol. The van der Waals surface area contributed by atoms with Crippen LogP contribution in [0.5, 0.6) is 0 Å². The van der Waals surface area contributed by atoms with Gasteiger partial charge in [0.1, 0.15) is 0 Å². The Morgan fingerprint density at radius 2 is 1.62 bits per heavy atom. The quantitative estimate of drug-likeness (QED) is 0.648. The fraction of sp³-hybridized carbons (Fsp3) is 0.0526. The first-order chi connectivity index (χ1) is 11.6. The van der Waals surface area contributed by atoms with E-state index in [2.05, 4.69) is 10.6 Å². The molecule has 2 aromatic carbocycles. The van der Waals surface area contributed by atoms with E-state index >= 15 is 0 Å². The summed E-state index contributed by atoms with van der Waals surface area (Å²) in [4.78, 5) is 24.1. The molecule has 24 heavy (non-hydrogen) atoms. The van der Waals surface area contributed by atoms with Crippen molar-refractivity contribution in [1.82, 2.24) is 0 Å². The van der Waals surface area contributed by atoms with E-state index in [1.165, 1.54) is 11.3 Å². The molecule has 0 unspecified atom stereocenters. The highest BCUT2D eigenvalue weighted by molar-refractivity contribution is 7.12. The van der Waals surface area contributed by atoms with Crippen molar-refractivity contribution >= 4 is 40.1 Å². The molecule has 0 saturated carbocycles. The second-order valence-electron chi connectivity index (χ2n) is 5.27. The Morgan fingerprint density at radius 1 is 0.875 bits per heavy atom. The number of hydrogen-bond donors (Lipinski definition) is 2. The molecule has 0 aliphatic carbocycles. The van der Waals surface area contributed by atoms with Crippen LogP contribution in [0, 0.1) is 0 Å². The lowest BCUT2D eigenvalue weighted by Gasteiger charge is -2.09. The lowest BCUT2D eigenvalue weighted by atomic mass is 10.1. The normalized spacial score (nSPS) is 10.2. The molecule has 0 radical (unpaired) electrons. The lowest BCUT2D eigenvalue weighted by Crippen LogP contribution is -2.09. The van der Waals surface area contributed by atoms with E-state index in [0.717, 1.165) is 17.1 Å². The minimum atomic E-state index is -0.111. The summed E-state index contributed by atoms with van der Waals surface area (Å²) in [5.74, 6) is -0.0786. The van der Waals surface area contributed by atoms with Crippen molar-refractivity contribution in [2.24, 2.45) is 0 Å². The standard InChI is InChI=1S/C19H16N2O2S/c1-13(22)14-4-2-5-17(12-14)20-15-7-9-16(10-8-15)21-19(23)18-6-3-11-24-18/h2-12,20H,1H3,(H,21,23). The molecule has 1 aromatic heterocycles. The molecule has 0 atom stereocenters. The van der Waals surface area contributed by atoms with Gasteiger partial charge in [-0.3, -0.25) is 9.59 Å². The zero-order valence-electron chi connectivity index (χ0n) is 13.1. The van der Waals surface area contributed by atoms with Crippen LogP contribution in [0.1, 0.15) is 27.0 Å². The van der Waals surface area contributed by atoms with Crippen LogP contribution >= 0.6 is 11.3 Å². The molecule has 3 rings (SSSR count). The SMILES string of the molecule is CC(=O)c1cccc(Nc2ccc(NC(=O)c3cccs3)cc2)c1. The van der Waals surface area contributed by atoms with Crippen LogP contribution in [0.15, 0.2) is 66.0 Å². The van der Waals surface area contributed by atoms with Gasteiger partial charge in [-0.05, 0) is 54.8 Å². The Morgan fingerprint density at radius 3 is 2.29 bits per heavy atom. The van der Waals surface area contributed by atoms with E-state index in [1.54, 1.807) is 19.1 Å². The third-order valence-corrected chi connectivity index (χ3v) is 4.31. The van der Waals surface area contributed by atoms with Crippen molar-refractivity contribution < 1.29 is 9.59 Å². The van der Waals surface area contributed by atoms with Crippen LogP contribution in [0.4, 0.5) is 17.1 Å². The first-order valence-corrected chi connectivity index (χ1v) is 8.33. The maximum Gasteiger partial charge on any atom is 0.265 e. The first-order valence-electron chi connectivity index (χ1n) is 7.45. The van der Waals surface area contributed by atoms with Crippen LogP contribution in [-0.4, -0.2) is 11.7 Å². The lowest BCUT2D eigenvalue weighted by molar-refractivity contribution is 0.101. The number of hydrogen-bond acceptors (Lipinski definition) is 4. The molecule has 0 aliphatic heterocycles. The van der Waals surface area contributed by atoms with Gasteiger partial charge in [0.15, 0.2) is 5.78 Å². The molecule has 0 fully saturated rings. The largest absolute Gasteiger partial charge is 0.356 e. The van der Waals surface area contributed by atoms with Crippen LogP contribution < -0.4 is 10.6 Å². The van der Waals surface area contributed by atoms with Gasteiger partial charge in [-0.2, -0.15) is 0 Å². The van der Waals surface area contributed by atoms with Crippen LogP contribution in [0.3, 0.4) is 0 Å². The number of ketones is 1. The van der Waals surface area contributed by atoms with Crippen molar-refractivity contribution in [2.75, 3.05) is 10.6 Å². The minimum absolute atomic E-state index is 0.0327. The number of carbonyl (C=O) groups excluding carboxylic acids is 2. The van der Waals surface area contributed by atoms with Crippen LogP contribution in [-0.2, 0) is 0 Å². The summed E-state index contributed by atoms with van der Waals surface area (Å²) < 4.78 is 0. The van der Waals surface area contributed by atoms with Gasteiger partial charge in [0.05, 0.1) is 4.88 Å². The zero-order chi connectivity index (χ0) is 16.9. The summed E-state index contributed by atoms with van der Waals surface area (Å²) >= 11 is 1.41. The summed E-state index contributed by atoms with van der Waals surface area (Å²) in [6, 6.07) is 18.4. The molecule has 0 bridgehead atoms. The Balaban J connectivity index is 1.67. The van der Waals surface area contributed by atoms with E-state index in [9.17, 15) is 9.59 Å². The van der Waals surface area contributed by atoms with Gasteiger partial charge in [0, 0.05) is 22.6 Å². The van der Waals surface area contributed by atoms with Crippen molar-refractivity contribution in [3.63, 3.8) is 0 Å². The minimum Gasteiger partial charge on any atom is -0.356 e. The monoisotopic (exact) mass is 336 g/mol. The molecule has 0 saturated heterocycles. The zero-order valence-corrected chi connectivity index (χ0v) is 13.9. The molecule has 1 amide bonds. The fourth-order valence-electron chi connectivity index (χ4n) is 2.22. The highest BCUT2D eigenvalue weighted by Gasteiger charge is 2.06. The maximum atomic E-state index is 12.0. The second kappa shape index (κ2) is 7.10. The molecule has 3 aromatic rings. The molecule has 120 valence electrons. The summed E-state index contributed by atoms with van der Waals surface area (Å²) in [5, 5.41) is 7.98. The predicted octanol–water partition coefficient (Wildman–Crippen LogP) is 4.95. The summed E-state index contributed by atoms with van der Waals surface area (Å²) in [6.07, 6.45) is 0. The number of thiophene rings is 1. The Kier molecular flexibility index (Phi) is 4.72. The van der Waals surface area contributed by atoms with Gasteiger partial charge in [-0.25, -0.2) is 0 Å². The van der Waals surface area contributed by atoms with E-state index in [1.807, 2.05) is 53.9 Å². The van der Waals surface area contributed by atoms with Gasteiger partial charge >= 0.3 is 0 Å². The smallest absolute Gasteiger partial charge is 0.265 e. The number of benzene rings is 2. The number of rotatable bonds is 5. The first kappa shape index (κ1) is 16.0. The van der Waals surface area contributed by atoms with E-state index < -0.39 is 0 Å². The summed E-state index contributed by atoms with van der Waals surface area (Å²) in [5.41, 5.74) is 3.12. The molecule has 5 heteroatoms. The third-order valence-electron chi connectivity index (χ3n) is 3.45. The van der Waals surface area contributed by atoms with Gasteiger partial charge < -0.3 is 10.6 Å². The molecular formula is C19H16N2O2S. The summed E-state index contributed by atoms with van der Waals surface area (Å²) in [7, 11) is 0. The molecule has 0 aliphatic rings. The van der Waals surface area contributed by atoms with Crippen LogP contribution in [0.25, 0.3) is 0 Å². The van der Waals surface area contributed by atoms with Crippen LogP contribution in [0.2, 0.25) is 0 Å². The fourth-order valence-corrected chi connectivity index (χ4v) is 2.84. The molecule has 0 spiro atoms. The van der Waals surface area contributed by atoms with Gasteiger partial charge in [0.25, 0.3) is 5.91 Å². The van der Waals surface area contributed by atoms with Gasteiger partial charge in [0.2, 0.25) is 0 Å². The number of Topliss-reactive ketones (excluding diaryl/α,β-unsaturated/α-hetero) is 1. The molecular weight excluding hydrogens is 320 g/mol. The van der Waals surface area contributed by atoms with E-state index in [-0.39, 0.29) is 11.7 Å².